The number of carbonyl (C=O) groups is 2. The molecule has 2 amide bonds. The maximum Gasteiger partial charge on any atom is 0.266 e. The average Bonchev–Trinajstić information content (AvgIpc) is 2.97. The van der Waals surface area contributed by atoms with Crippen molar-refractivity contribution in [3.8, 4) is 28.7 Å². The minimum atomic E-state index is -0.850. The highest BCUT2D eigenvalue weighted by molar-refractivity contribution is 6.14. The van der Waals surface area contributed by atoms with Gasteiger partial charge in [0.05, 0.1) is 11.1 Å². The van der Waals surface area contributed by atoms with Gasteiger partial charge in [0.1, 0.15) is 28.7 Å². The van der Waals surface area contributed by atoms with Crippen molar-refractivity contribution in [3.05, 3.63) is 126 Å². The second-order valence-corrected chi connectivity index (χ2v) is 9.04. The summed E-state index contributed by atoms with van der Waals surface area (Å²) in [5, 5.41) is 10.7. The Labute approximate surface area is 236 Å². The minimum Gasteiger partial charge on any atom is -0.506 e. The molecule has 5 aromatic rings. The summed E-state index contributed by atoms with van der Waals surface area (Å²) in [7, 11) is 0. The van der Waals surface area contributed by atoms with Crippen molar-refractivity contribution >= 4 is 34.6 Å². The number of hydrogen-bond donors (Lipinski definition) is 4. The third-order valence-electron chi connectivity index (χ3n) is 6.16. The number of rotatable bonds is 8. The Morgan fingerprint density at radius 2 is 0.927 bits per heavy atom. The molecule has 9 heteroatoms. The number of phenols is 1. The Morgan fingerprint density at radius 3 is 1.32 bits per heavy atom. The van der Waals surface area contributed by atoms with Crippen LogP contribution in [0.4, 0.5) is 22.7 Å². The zero-order valence-electron chi connectivity index (χ0n) is 21.7. The lowest BCUT2D eigenvalue weighted by molar-refractivity contribution is 0.0995. The van der Waals surface area contributed by atoms with Crippen LogP contribution in [0.3, 0.4) is 0 Å². The van der Waals surface area contributed by atoms with E-state index >= 15 is 0 Å². The number of benzene rings is 5. The van der Waals surface area contributed by atoms with Crippen LogP contribution in [0, 0.1) is 0 Å². The van der Waals surface area contributed by atoms with Crippen LogP contribution in [-0.4, -0.2) is 16.9 Å². The maximum atomic E-state index is 13.9. The standard InChI is InChI=1S/C32H26N4O5/c33-20-4-12-24(13-5-20)40-26-16-8-22(9-17-26)36(32(39)29-3-1-2-28(30(29)37)31(35)38)23-10-18-27(19-11-23)41-25-14-6-21(34)7-15-25/h1-19,37H,33-34H2,(H2,35,38). The monoisotopic (exact) mass is 546 g/mol. The van der Waals surface area contributed by atoms with Gasteiger partial charge in [0, 0.05) is 22.7 Å². The molecule has 0 unspecified atom stereocenters. The molecule has 5 rings (SSSR count). The number of carbonyl (C=O) groups excluding carboxylic acids is 2. The summed E-state index contributed by atoms with van der Waals surface area (Å²) in [5.41, 5.74) is 18.8. The Morgan fingerprint density at radius 1 is 0.561 bits per heavy atom. The van der Waals surface area contributed by atoms with E-state index in [0.717, 1.165) is 0 Å². The van der Waals surface area contributed by atoms with Crippen LogP contribution in [-0.2, 0) is 0 Å². The number of aromatic hydroxyl groups is 1. The number of ether oxygens (including phenoxy) is 2. The Kier molecular flexibility index (Phi) is 7.42. The van der Waals surface area contributed by atoms with Gasteiger partial charge in [-0.15, -0.1) is 0 Å². The van der Waals surface area contributed by atoms with Gasteiger partial charge in [0.15, 0.2) is 0 Å². The Balaban J connectivity index is 1.48. The summed E-state index contributed by atoms with van der Waals surface area (Å²) in [6.45, 7) is 0. The van der Waals surface area contributed by atoms with Crippen molar-refractivity contribution in [2.75, 3.05) is 16.4 Å². The highest BCUT2D eigenvalue weighted by Gasteiger charge is 2.25. The second-order valence-electron chi connectivity index (χ2n) is 9.04. The lowest BCUT2D eigenvalue weighted by atomic mass is 10.1. The van der Waals surface area contributed by atoms with Gasteiger partial charge < -0.3 is 31.8 Å². The molecule has 0 aromatic heterocycles. The largest absolute Gasteiger partial charge is 0.506 e. The lowest BCUT2D eigenvalue weighted by Gasteiger charge is -2.24. The number of nitrogen functional groups attached to an aromatic ring is 2. The molecule has 0 heterocycles. The number of primary amides is 1. The number of amides is 2. The lowest BCUT2D eigenvalue weighted by Crippen LogP contribution is -2.26. The van der Waals surface area contributed by atoms with Crippen molar-refractivity contribution in [1.29, 1.82) is 0 Å². The summed E-state index contributed by atoms with van der Waals surface area (Å²) >= 11 is 0. The predicted molar refractivity (Wildman–Crippen MR) is 158 cm³/mol. The third kappa shape index (κ3) is 6.04. The number of nitrogens with zero attached hydrogens (tertiary/aromatic N) is 1. The molecule has 9 nitrogen and oxygen atoms in total. The molecule has 0 atom stereocenters. The van der Waals surface area contributed by atoms with E-state index in [1.54, 1.807) is 97.1 Å². The molecular formula is C32H26N4O5. The van der Waals surface area contributed by atoms with E-state index in [-0.39, 0.29) is 11.1 Å². The Hall–Kier alpha value is -5.96. The number of nitrogens with two attached hydrogens (primary N) is 3. The third-order valence-corrected chi connectivity index (χ3v) is 6.16. The molecule has 0 aliphatic rings. The molecule has 5 aromatic carbocycles. The normalized spacial score (nSPS) is 10.5. The SMILES string of the molecule is NC(=O)c1cccc(C(=O)N(c2ccc(Oc3ccc(N)cc3)cc2)c2ccc(Oc3ccc(N)cc3)cc2)c1O. The summed E-state index contributed by atoms with van der Waals surface area (Å²) in [6, 6.07) is 31.9. The van der Waals surface area contributed by atoms with E-state index < -0.39 is 17.6 Å². The molecule has 204 valence electrons. The van der Waals surface area contributed by atoms with E-state index in [1.165, 1.54) is 23.1 Å². The van der Waals surface area contributed by atoms with Gasteiger partial charge in [-0.2, -0.15) is 0 Å². The highest BCUT2D eigenvalue weighted by atomic mass is 16.5. The summed E-state index contributed by atoms with van der Waals surface area (Å²) < 4.78 is 11.8. The molecule has 0 fully saturated rings. The zero-order chi connectivity index (χ0) is 28.9. The van der Waals surface area contributed by atoms with E-state index in [0.29, 0.717) is 45.7 Å². The van der Waals surface area contributed by atoms with Crippen molar-refractivity contribution in [1.82, 2.24) is 0 Å². The van der Waals surface area contributed by atoms with Gasteiger partial charge in [0.2, 0.25) is 0 Å². The van der Waals surface area contributed by atoms with Crippen LogP contribution >= 0.6 is 0 Å². The maximum absolute atomic E-state index is 13.9. The summed E-state index contributed by atoms with van der Waals surface area (Å²) in [4.78, 5) is 27.1. The summed E-state index contributed by atoms with van der Waals surface area (Å²) in [6.07, 6.45) is 0. The average molecular weight is 547 g/mol. The molecule has 0 aliphatic heterocycles. The molecule has 0 saturated carbocycles. The van der Waals surface area contributed by atoms with Gasteiger partial charge in [-0.3, -0.25) is 14.5 Å². The first-order valence-electron chi connectivity index (χ1n) is 12.5. The molecule has 0 bridgehead atoms. The number of para-hydroxylation sites is 1. The van der Waals surface area contributed by atoms with E-state index in [4.69, 9.17) is 26.7 Å². The van der Waals surface area contributed by atoms with Gasteiger partial charge in [-0.05, 0) is 109 Å². The fraction of sp³-hybridized carbons (Fsp3) is 0. The van der Waals surface area contributed by atoms with Gasteiger partial charge in [-0.1, -0.05) is 6.07 Å². The molecule has 0 radical (unpaired) electrons. The van der Waals surface area contributed by atoms with Crippen LogP contribution in [0.2, 0.25) is 0 Å². The topological polar surface area (TPSA) is 154 Å². The Bertz CT molecular complexity index is 1590. The van der Waals surface area contributed by atoms with Gasteiger partial charge in [0.25, 0.3) is 11.8 Å². The van der Waals surface area contributed by atoms with Crippen LogP contribution in [0.1, 0.15) is 20.7 Å². The van der Waals surface area contributed by atoms with Crippen LogP contribution in [0.5, 0.6) is 28.7 Å². The quantitative estimate of drug-likeness (QED) is 0.168. The second kappa shape index (κ2) is 11.4. The molecule has 0 saturated heterocycles. The van der Waals surface area contributed by atoms with E-state index in [1.807, 2.05) is 0 Å². The van der Waals surface area contributed by atoms with Crippen molar-refractivity contribution < 1.29 is 24.2 Å². The van der Waals surface area contributed by atoms with Crippen LogP contribution < -0.4 is 31.6 Å². The van der Waals surface area contributed by atoms with Crippen LogP contribution in [0.15, 0.2) is 115 Å². The molecule has 41 heavy (non-hydrogen) atoms. The van der Waals surface area contributed by atoms with Crippen molar-refractivity contribution in [2.45, 2.75) is 0 Å². The fourth-order valence-corrected chi connectivity index (χ4v) is 4.09. The minimum absolute atomic E-state index is 0.0919. The molecule has 7 N–H and O–H groups in total. The first-order valence-corrected chi connectivity index (χ1v) is 12.5. The van der Waals surface area contributed by atoms with Gasteiger partial charge in [-0.25, -0.2) is 0 Å². The van der Waals surface area contributed by atoms with E-state index in [2.05, 4.69) is 0 Å². The summed E-state index contributed by atoms with van der Waals surface area (Å²) in [5.74, 6) is 0.353. The fourth-order valence-electron chi connectivity index (χ4n) is 4.09. The first kappa shape index (κ1) is 26.6. The van der Waals surface area contributed by atoms with E-state index in [9.17, 15) is 14.7 Å². The smallest absolute Gasteiger partial charge is 0.266 e. The highest BCUT2D eigenvalue weighted by Crippen LogP contribution is 2.35. The first-order chi connectivity index (χ1) is 19.8. The predicted octanol–water partition coefficient (Wildman–Crippen LogP) is 6.22. The zero-order valence-corrected chi connectivity index (χ0v) is 21.7. The number of hydrogen-bond acceptors (Lipinski definition) is 7. The number of anilines is 4. The molecule has 0 spiro atoms. The van der Waals surface area contributed by atoms with Crippen LogP contribution in [0.25, 0.3) is 0 Å². The van der Waals surface area contributed by atoms with Crippen molar-refractivity contribution in [3.63, 3.8) is 0 Å². The van der Waals surface area contributed by atoms with Gasteiger partial charge >= 0.3 is 0 Å². The van der Waals surface area contributed by atoms with Crippen molar-refractivity contribution in [2.24, 2.45) is 5.73 Å². The molecular weight excluding hydrogens is 520 g/mol. The molecule has 0 aliphatic carbocycles.